The Kier molecular flexibility index (Phi) is 4.48. The lowest BCUT2D eigenvalue weighted by Crippen LogP contribution is -2.30. The van der Waals surface area contributed by atoms with Gasteiger partial charge in [-0.25, -0.2) is 0 Å². The zero-order valence-corrected chi connectivity index (χ0v) is 15.4. The number of nitrogens with one attached hydrogen (secondary N) is 1. The van der Waals surface area contributed by atoms with E-state index in [0.29, 0.717) is 17.5 Å². The van der Waals surface area contributed by atoms with Crippen LogP contribution in [-0.4, -0.2) is 34.0 Å². The van der Waals surface area contributed by atoms with Gasteiger partial charge in [-0.05, 0) is 56.1 Å². The van der Waals surface area contributed by atoms with Crippen LogP contribution in [0.1, 0.15) is 43.9 Å². The molecule has 1 unspecified atom stereocenters. The molecule has 4 nitrogen and oxygen atoms in total. The molecule has 1 N–H and O–H groups in total. The largest absolute Gasteiger partial charge is 0.358 e. The molecule has 0 bridgehead atoms. The van der Waals surface area contributed by atoms with Crippen molar-refractivity contribution in [3.05, 3.63) is 54.0 Å². The van der Waals surface area contributed by atoms with E-state index in [-0.39, 0.29) is 0 Å². The molecule has 0 aliphatic carbocycles. The molecule has 3 heterocycles. The maximum Gasteiger partial charge on any atom is 0.101 e. The summed E-state index contributed by atoms with van der Waals surface area (Å²) in [6.07, 6.45) is 6.04. The summed E-state index contributed by atoms with van der Waals surface area (Å²) in [7, 11) is 0. The van der Waals surface area contributed by atoms with Gasteiger partial charge in [0, 0.05) is 53.1 Å². The van der Waals surface area contributed by atoms with Gasteiger partial charge in [-0.3, -0.25) is 4.98 Å². The molecule has 1 saturated heterocycles. The van der Waals surface area contributed by atoms with Crippen molar-refractivity contribution in [3.8, 4) is 17.2 Å². The molecular formula is C22H24N4. The average molecular weight is 344 g/mol. The number of aromatic amines is 1. The number of pyridine rings is 1. The number of fused-ring (bicyclic) bond motifs is 1. The van der Waals surface area contributed by atoms with E-state index in [0.717, 1.165) is 23.2 Å². The van der Waals surface area contributed by atoms with E-state index in [4.69, 9.17) is 5.26 Å². The molecule has 0 saturated carbocycles. The van der Waals surface area contributed by atoms with Crippen LogP contribution in [0.25, 0.3) is 22.0 Å². The molecule has 0 spiro atoms. The second kappa shape index (κ2) is 6.93. The van der Waals surface area contributed by atoms with Gasteiger partial charge < -0.3 is 9.88 Å². The highest BCUT2D eigenvalue weighted by atomic mass is 15.2. The zero-order valence-electron chi connectivity index (χ0n) is 15.4. The van der Waals surface area contributed by atoms with Crippen LogP contribution in [0.15, 0.2) is 42.7 Å². The molecule has 1 aliphatic heterocycles. The highest BCUT2D eigenvalue weighted by molar-refractivity contribution is 5.86. The number of nitrogens with zero attached hydrogens (tertiary/aromatic N) is 3. The fourth-order valence-corrected chi connectivity index (χ4v) is 3.97. The Balaban J connectivity index is 1.60. The lowest BCUT2D eigenvalue weighted by molar-refractivity contribution is 0.255. The van der Waals surface area contributed by atoms with Crippen molar-refractivity contribution in [2.45, 2.75) is 38.6 Å². The van der Waals surface area contributed by atoms with Gasteiger partial charge in [0.25, 0.3) is 0 Å². The van der Waals surface area contributed by atoms with E-state index in [2.05, 4.69) is 59.1 Å². The molecule has 3 aromatic rings. The van der Waals surface area contributed by atoms with E-state index >= 15 is 0 Å². The number of aromatic nitrogens is 2. The van der Waals surface area contributed by atoms with Gasteiger partial charge in [-0.2, -0.15) is 5.26 Å². The highest BCUT2D eigenvalue weighted by Gasteiger charge is 2.22. The molecule has 2 aromatic heterocycles. The van der Waals surface area contributed by atoms with Crippen LogP contribution in [-0.2, 0) is 0 Å². The van der Waals surface area contributed by atoms with Crippen LogP contribution in [0, 0.1) is 11.3 Å². The summed E-state index contributed by atoms with van der Waals surface area (Å²) in [5.41, 5.74) is 5.11. The van der Waals surface area contributed by atoms with E-state index in [1.807, 2.05) is 12.3 Å². The van der Waals surface area contributed by atoms with Crippen LogP contribution < -0.4 is 0 Å². The molecule has 26 heavy (non-hydrogen) atoms. The van der Waals surface area contributed by atoms with Crippen molar-refractivity contribution in [2.75, 3.05) is 13.1 Å². The Morgan fingerprint density at radius 3 is 2.92 bits per heavy atom. The summed E-state index contributed by atoms with van der Waals surface area (Å²) in [5, 5.41) is 10.3. The number of benzene rings is 1. The van der Waals surface area contributed by atoms with Gasteiger partial charge in [0.05, 0.1) is 5.56 Å². The number of nitriles is 1. The quantitative estimate of drug-likeness (QED) is 0.747. The summed E-state index contributed by atoms with van der Waals surface area (Å²) in [4.78, 5) is 10.4. The van der Waals surface area contributed by atoms with Crippen molar-refractivity contribution >= 4 is 10.9 Å². The van der Waals surface area contributed by atoms with E-state index in [1.54, 1.807) is 6.20 Å². The summed E-state index contributed by atoms with van der Waals surface area (Å²) in [5.74, 6) is 0.481. The fourth-order valence-electron chi connectivity index (χ4n) is 3.97. The maximum absolute atomic E-state index is 9.08. The third kappa shape index (κ3) is 3.23. The number of rotatable bonds is 4. The van der Waals surface area contributed by atoms with Crippen molar-refractivity contribution in [2.24, 2.45) is 0 Å². The van der Waals surface area contributed by atoms with Crippen LogP contribution in [0.5, 0.6) is 0 Å². The smallest absolute Gasteiger partial charge is 0.101 e. The molecular weight excluding hydrogens is 320 g/mol. The normalized spacial score (nSPS) is 18.9. The maximum atomic E-state index is 9.08. The lowest BCUT2D eigenvalue weighted by Gasteiger charge is -2.24. The molecule has 4 heteroatoms. The monoisotopic (exact) mass is 344 g/mol. The van der Waals surface area contributed by atoms with Gasteiger partial charge >= 0.3 is 0 Å². The number of likely N-dealkylation sites (tertiary alicyclic amines) is 1. The highest BCUT2D eigenvalue weighted by Crippen LogP contribution is 2.28. The molecule has 1 aliphatic rings. The molecule has 4 rings (SSSR count). The van der Waals surface area contributed by atoms with Gasteiger partial charge in [0.2, 0.25) is 0 Å². The van der Waals surface area contributed by atoms with E-state index < -0.39 is 0 Å². The fraction of sp³-hybridized carbons (Fsp3) is 0.364. The van der Waals surface area contributed by atoms with Crippen molar-refractivity contribution < 1.29 is 0 Å². The average Bonchev–Trinajstić information content (AvgIpc) is 3.27. The van der Waals surface area contributed by atoms with Crippen molar-refractivity contribution in [3.63, 3.8) is 0 Å². The van der Waals surface area contributed by atoms with Gasteiger partial charge in [0.15, 0.2) is 0 Å². The third-order valence-corrected chi connectivity index (χ3v) is 5.57. The number of hydrogen-bond donors (Lipinski definition) is 1. The molecule has 0 radical (unpaired) electrons. The first-order chi connectivity index (χ1) is 12.6. The topological polar surface area (TPSA) is 55.7 Å². The molecule has 132 valence electrons. The first-order valence-electron chi connectivity index (χ1n) is 9.36. The lowest BCUT2D eigenvalue weighted by atomic mass is 10.0. The van der Waals surface area contributed by atoms with Gasteiger partial charge in [-0.1, -0.05) is 13.0 Å². The standard InChI is InChI=1S/C22H24N4/c1-15(14-26-7-3-4-16(26)2)22-10-19-9-18(5-6-21(19)25-22)20-8-17(11-23)12-24-13-20/h5-6,8-10,12-13,15-16,25H,3-4,7,14H2,1-2H3/t15?,16-/m1/s1. The van der Waals surface area contributed by atoms with Crippen LogP contribution in [0.2, 0.25) is 0 Å². The Bertz CT molecular complexity index is 966. The Morgan fingerprint density at radius 1 is 1.27 bits per heavy atom. The van der Waals surface area contributed by atoms with E-state index in [1.165, 1.54) is 30.5 Å². The first kappa shape index (κ1) is 16.8. The predicted molar refractivity (Wildman–Crippen MR) is 105 cm³/mol. The number of H-pyrrole nitrogens is 1. The SMILES string of the molecule is CC(CN1CCC[C@H]1C)c1cc2cc(-c3cncc(C#N)c3)ccc2[nH]1. The summed E-state index contributed by atoms with van der Waals surface area (Å²) in [6.45, 7) is 6.96. The Morgan fingerprint density at radius 2 is 2.15 bits per heavy atom. The third-order valence-electron chi connectivity index (χ3n) is 5.57. The minimum absolute atomic E-state index is 0.481. The van der Waals surface area contributed by atoms with E-state index in [9.17, 15) is 0 Å². The minimum Gasteiger partial charge on any atom is -0.358 e. The molecule has 2 atom stereocenters. The van der Waals surface area contributed by atoms with Crippen molar-refractivity contribution in [1.82, 2.24) is 14.9 Å². The Hall–Kier alpha value is -2.64. The molecule has 1 fully saturated rings. The minimum atomic E-state index is 0.481. The van der Waals surface area contributed by atoms with Gasteiger partial charge in [0.1, 0.15) is 6.07 Å². The first-order valence-corrected chi connectivity index (χ1v) is 9.36. The Labute approximate surface area is 154 Å². The second-order valence-corrected chi connectivity index (χ2v) is 7.49. The summed E-state index contributed by atoms with van der Waals surface area (Å²) >= 11 is 0. The van der Waals surface area contributed by atoms with Gasteiger partial charge in [-0.15, -0.1) is 0 Å². The van der Waals surface area contributed by atoms with Crippen LogP contribution in [0.4, 0.5) is 0 Å². The summed E-state index contributed by atoms with van der Waals surface area (Å²) < 4.78 is 0. The van der Waals surface area contributed by atoms with Crippen molar-refractivity contribution in [1.29, 1.82) is 5.26 Å². The predicted octanol–water partition coefficient (Wildman–Crippen LogP) is 4.69. The zero-order chi connectivity index (χ0) is 18.1. The second-order valence-electron chi connectivity index (χ2n) is 7.49. The number of hydrogen-bond acceptors (Lipinski definition) is 3. The molecule has 1 aromatic carbocycles. The summed E-state index contributed by atoms with van der Waals surface area (Å²) in [6, 6.07) is 13.4. The van der Waals surface area contributed by atoms with Crippen LogP contribution >= 0.6 is 0 Å². The van der Waals surface area contributed by atoms with Crippen LogP contribution in [0.3, 0.4) is 0 Å². The molecule has 0 amide bonds.